The maximum absolute atomic E-state index is 13.7. The van der Waals surface area contributed by atoms with E-state index < -0.39 is 26.5 Å². The zero-order chi connectivity index (χ0) is 21.1. The second-order valence-electron chi connectivity index (χ2n) is 7.05. The highest BCUT2D eigenvalue weighted by molar-refractivity contribution is 7.93. The van der Waals surface area contributed by atoms with Gasteiger partial charge in [0.15, 0.2) is 14.6 Å². The van der Waals surface area contributed by atoms with E-state index in [0.717, 1.165) is 0 Å². The second kappa shape index (κ2) is 9.57. The molecule has 2 aromatic rings. The number of nitrogens with zero attached hydrogens (tertiary/aromatic N) is 2. The maximum Gasteiger partial charge on any atom is 0.267 e. The number of rotatable bonds is 8. The first kappa shape index (κ1) is 24.9. The monoisotopic (exact) mass is 446 g/mol. The van der Waals surface area contributed by atoms with Gasteiger partial charge in [-0.1, -0.05) is 19.9 Å². The minimum absolute atomic E-state index is 0. The molecule has 0 saturated carbocycles. The molecule has 9 nitrogen and oxygen atoms in total. The largest absolute Gasteiger partial charge is 0.497 e. The van der Waals surface area contributed by atoms with E-state index in [4.69, 9.17) is 10.5 Å². The average molecular weight is 447 g/mol. The molecule has 0 fully saturated rings. The Hall–Kier alpha value is -2.14. The summed E-state index contributed by atoms with van der Waals surface area (Å²) in [6, 6.07) is 4.46. The summed E-state index contributed by atoms with van der Waals surface area (Å²) in [4.78, 5) is 16.9. The smallest absolute Gasteiger partial charge is 0.267 e. The summed E-state index contributed by atoms with van der Waals surface area (Å²) in [5.41, 5.74) is 8.08. The predicted molar refractivity (Wildman–Crippen MR) is 110 cm³/mol. The van der Waals surface area contributed by atoms with E-state index in [2.05, 4.69) is 4.98 Å². The Morgan fingerprint density at radius 1 is 1.41 bits per heavy atom. The highest BCUT2D eigenvalue weighted by Crippen LogP contribution is 2.41. The lowest BCUT2D eigenvalue weighted by molar-refractivity contribution is -0.133. The van der Waals surface area contributed by atoms with Gasteiger partial charge < -0.3 is 15.0 Å². The van der Waals surface area contributed by atoms with E-state index in [0.29, 0.717) is 5.75 Å². The van der Waals surface area contributed by atoms with E-state index in [1.54, 1.807) is 37.7 Å². The van der Waals surface area contributed by atoms with Crippen LogP contribution < -0.4 is 16.0 Å². The number of sulfone groups is 1. The molecule has 1 aromatic heterocycles. The van der Waals surface area contributed by atoms with Crippen molar-refractivity contribution < 1.29 is 23.2 Å². The SMILES string of the molecule is COc1cccc(S(=O)(=O)C(CC(C)C)(C(=O)NO)C(N)c2cn(C)cn2)c1.Cl. The van der Waals surface area contributed by atoms with Crippen LogP contribution in [0.2, 0.25) is 0 Å². The summed E-state index contributed by atoms with van der Waals surface area (Å²) in [5.74, 6) is -1.02. The van der Waals surface area contributed by atoms with E-state index in [1.807, 2.05) is 0 Å². The van der Waals surface area contributed by atoms with Gasteiger partial charge in [-0.15, -0.1) is 12.4 Å². The van der Waals surface area contributed by atoms with Crippen molar-refractivity contribution in [2.45, 2.75) is 36.0 Å². The number of aromatic nitrogens is 2. The molecule has 162 valence electrons. The van der Waals surface area contributed by atoms with E-state index in [-0.39, 0.29) is 35.3 Å². The highest BCUT2D eigenvalue weighted by atomic mass is 35.5. The summed E-state index contributed by atoms with van der Waals surface area (Å²) in [7, 11) is -1.25. The van der Waals surface area contributed by atoms with Gasteiger partial charge in [0, 0.05) is 13.2 Å². The molecule has 1 heterocycles. The molecule has 1 amide bonds. The molecule has 0 aliphatic rings. The predicted octanol–water partition coefficient (Wildman–Crippen LogP) is 1.61. The Kier molecular flexibility index (Phi) is 8.22. The number of methoxy groups -OCH3 is 1. The van der Waals surface area contributed by atoms with Crippen LogP contribution in [-0.4, -0.2) is 40.9 Å². The van der Waals surface area contributed by atoms with Crippen LogP contribution in [0.4, 0.5) is 0 Å². The average Bonchev–Trinajstić information content (AvgIpc) is 3.10. The minimum atomic E-state index is -4.37. The lowest BCUT2D eigenvalue weighted by atomic mass is 9.87. The van der Waals surface area contributed by atoms with Gasteiger partial charge in [-0.2, -0.15) is 0 Å². The number of nitrogens with two attached hydrogens (primary N) is 1. The summed E-state index contributed by atoms with van der Waals surface area (Å²) in [5, 5.41) is 9.43. The molecule has 0 saturated heterocycles. The molecule has 0 spiro atoms. The number of carbonyl (C=O) groups is 1. The molecule has 1 aromatic carbocycles. The fourth-order valence-corrected chi connectivity index (χ4v) is 5.52. The zero-order valence-corrected chi connectivity index (χ0v) is 18.3. The van der Waals surface area contributed by atoms with Crippen LogP contribution in [0, 0.1) is 5.92 Å². The summed E-state index contributed by atoms with van der Waals surface area (Å²) >= 11 is 0. The molecule has 4 N–H and O–H groups in total. The number of hydrogen-bond acceptors (Lipinski definition) is 7. The number of hydrogen-bond donors (Lipinski definition) is 3. The summed E-state index contributed by atoms with van der Waals surface area (Å²) in [6.45, 7) is 3.54. The van der Waals surface area contributed by atoms with Crippen LogP contribution in [-0.2, 0) is 21.7 Å². The van der Waals surface area contributed by atoms with Crippen molar-refractivity contribution in [3.05, 3.63) is 42.5 Å². The van der Waals surface area contributed by atoms with Gasteiger partial charge in [0.1, 0.15) is 5.75 Å². The highest BCUT2D eigenvalue weighted by Gasteiger charge is 2.57. The van der Waals surface area contributed by atoms with Crippen molar-refractivity contribution in [3.8, 4) is 5.75 Å². The fraction of sp³-hybridized carbons (Fsp3) is 0.444. The number of halogens is 1. The van der Waals surface area contributed by atoms with Crippen LogP contribution in [0.15, 0.2) is 41.7 Å². The molecule has 2 unspecified atom stereocenters. The normalized spacial score (nSPS) is 14.6. The number of amides is 1. The number of carbonyl (C=O) groups excluding carboxylic acids is 1. The second-order valence-corrected chi connectivity index (χ2v) is 9.26. The Bertz CT molecular complexity index is 947. The molecule has 0 radical (unpaired) electrons. The third-order valence-corrected chi connectivity index (χ3v) is 7.01. The topological polar surface area (TPSA) is 137 Å². The van der Waals surface area contributed by atoms with Crippen molar-refractivity contribution in [2.24, 2.45) is 18.7 Å². The Labute approximate surface area is 176 Å². The van der Waals surface area contributed by atoms with E-state index in [9.17, 15) is 18.4 Å². The Morgan fingerprint density at radius 3 is 2.55 bits per heavy atom. The van der Waals surface area contributed by atoms with Gasteiger partial charge in [-0.05, 0) is 30.5 Å². The minimum Gasteiger partial charge on any atom is -0.497 e. The van der Waals surface area contributed by atoms with E-state index in [1.165, 1.54) is 37.1 Å². The van der Waals surface area contributed by atoms with Crippen molar-refractivity contribution in [3.63, 3.8) is 0 Å². The van der Waals surface area contributed by atoms with Gasteiger partial charge in [-0.25, -0.2) is 18.9 Å². The Balaban J connectivity index is 0.00000420. The van der Waals surface area contributed by atoms with Crippen molar-refractivity contribution >= 4 is 28.2 Å². The standard InChI is InChI=1S/C18H26N4O5S.ClH/c1-12(2)9-18(17(23)21-24,16(19)15-10-22(3)11-20-15)28(25,26)14-7-5-6-13(8-14)27-4;/h5-8,10-12,16,24H,9,19H2,1-4H3,(H,21,23);1H. The van der Waals surface area contributed by atoms with Crippen LogP contribution in [0.5, 0.6) is 5.75 Å². The third kappa shape index (κ3) is 4.55. The van der Waals surface area contributed by atoms with Crippen molar-refractivity contribution in [1.82, 2.24) is 15.0 Å². The molecule has 2 rings (SSSR count). The van der Waals surface area contributed by atoms with Crippen LogP contribution in [0.1, 0.15) is 32.0 Å². The fourth-order valence-electron chi connectivity index (χ4n) is 3.27. The molecular weight excluding hydrogens is 420 g/mol. The number of nitrogens with one attached hydrogen (secondary N) is 1. The maximum atomic E-state index is 13.7. The molecule has 0 aliphatic heterocycles. The summed E-state index contributed by atoms with van der Waals surface area (Å²) in [6.07, 6.45) is 2.88. The molecule has 0 aliphatic carbocycles. The first-order valence-electron chi connectivity index (χ1n) is 8.66. The quantitative estimate of drug-likeness (QED) is 0.413. The number of imidazole rings is 1. The molecule has 11 heteroatoms. The molecular formula is C18H27ClN4O5S. The number of benzene rings is 1. The lowest BCUT2D eigenvalue weighted by Crippen LogP contribution is -2.59. The van der Waals surface area contributed by atoms with Crippen molar-refractivity contribution in [2.75, 3.05) is 7.11 Å². The first-order valence-corrected chi connectivity index (χ1v) is 10.1. The lowest BCUT2D eigenvalue weighted by Gasteiger charge is -2.36. The summed E-state index contributed by atoms with van der Waals surface area (Å²) < 4.78 is 32.0. The number of aryl methyl sites for hydroxylation is 1. The molecule has 2 atom stereocenters. The van der Waals surface area contributed by atoms with Gasteiger partial charge in [0.05, 0.1) is 30.1 Å². The van der Waals surface area contributed by atoms with Crippen LogP contribution in [0.3, 0.4) is 0 Å². The third-order valence-electron chi connectivity index (χ3n) is 4.57. The number of ether oxygens (including phenoxy) is 1. The Morgan fingerprint density at radius 2 is 2.07 bits per heavy atom. The van der Waals surface area contributed by atoms with Gasteiger partial charge in [-0.3, -0.25) is 10.0 Å². The van der Waals surface area contributed by atoms with Crippen molar-refractivity contribution in [1.29, 1.82) is 0 Å². The number of hydroxylamine groups is 1. The van der Waals surface area contributed by atoms with E-state index >= 15 is 0 Å². The van der Waals surface area contributed by atoms with Gasteiger partial charge in [0.2, 0.25) is 0 Å². The van der Waals surface area contributed by atoms with Gasteiger partial charge >= 0.3 is 0 Å². The zero-order valence-electron chi connectivity index (χ0n) is 16.7. The first-order chi connectivity index (χ1) is 13.1. The molecule has 29 heavy (non-hydrogen) atoms. The molecule has 0 bridgehead atoms. The van der Waals surface area contributed by atoms with Crippen LogP contribution >= 0.6 is 12.4 Å². The van der Waals surface area contributed by atoms with Crippen LogP contribution in [0.25, 0.3) is 0 Å². The van der Waals surface area contributed by atoms with Gasteiger partial charge in [0.25, 0.3) is 5.91 Å².